The van der Waals surface area contributed by atoms with E-state index in [1.54, 1.807) is 6.08 Å². The summed E-state index contributed by atoms with van der Waals surface area (Å²) in [6.07, 6.45) is 22.8. The number of phosphoric ester groups is 1. The molecule has 3 atom stereocenters. The molecule has 0 fully saturated rings. The predicted molar refractivity (Wildman–Crippen MR) is 166 cm³/mol. The number of rotatable bonds is 28. The molecule has 0 spiro atoms. The Labute approximate surface area is 246 Å². The summed E-state index contributed by atoms with van der Waals surface area (Å²) in [4.78, 5) is 22.7. The average molecular weight is 592 g/mol. The van der Waals surface area contributed by atoms with Gasteiger partial charge in [0.1, 0.15) is 13.2 Å². The van der Waals surface area contributed by atoms with Crippen LogP contribution < -0.4 is 5.32 Å². The van der Waals surface area contributed by atoms with Gasteiger partial charge in [-0.1, -0.05) is 116 Å². The second-order valence-corrected chi connectivity index (χ2v) is 13.6. The highest BCUT2D eigenvalue weighted by Gasteiger charge is 2.27. The van der Waals surface area contributed by atoms with Gasteiger partial charge in [0.25, 0.3) is 0 Å². The number of allylic oxidation sites excluding steroid dienone is 1. The van der Waals surface area contributed by atoms with E-state index < -0.39 is 20.0 Å². The summed E-state index contributed by atoms with van der Waals surface area (Å²) in [5.41, 5.74) is 0. The average Bonchev–Trinajstić information content (AvgIpc) is 2.88. The fraction of sp³-hybridized carbons (Fsp3) is 0.903. The second kappa shape index (κ2) is 24.8. The molecule has 0 aromatic carbocycles. The maximum Gasteiger partial charge on any atom is 0.472 e. The van der Waals surface area contributed by atoms with Crippen LogP contribution in [0.15, 0.2) is 12.2 Å². The number of hydrogen-bond donors (Lipinski definition) is 3. The Hall–Kier alpha value is -0.760. The molecular weight excluding hydrogens is 527 g/mol. The second-order valence-electron chi connectivity index (χ2n) is 12.2. The number of carbonyl (C=O) groups is 1. The number of aliphatic hydroxyl groups is 1. The van der Waals surface area contributed by atoms with Crippen molar-refractivity contribution in [3.8, 4) is 0 Å². The highest BCUT2D eigenvalue weighted by Crippen LogP contribution is 2.43. The van der Waals surface area contributed by atoms with E-state index in [9.17, 15) is 19.4 Å². The number of phosphoric acid groups is 1. The van der Waals surface area contributed by atoms with Gasteiger partial charge in [-0.3, -0.25) is 13.8 Å². The van der Waals surface area contributed by atoms with Crippen molar-refractivity contribution in [3.63, 3.8) is 0 Å². The van der Waals surface area contributed by atoms with Gasteiger partial charge in [0.05, 0.1) is 39.9 Å². The standard InChI is InChI=1S/C31H63N2O6P/c1-6-8-10-12-14-16-17-18-20-22-24-30(34)29(28-39-40(36,37)38-27-26-33(3,4)5)32-31(35)25-23-21-19-15-13-11-9-7-2/h22,24,29-30,34H,6-21,23,25-28H2,1-5H3,(H-,32,35,36,37)/p+1/b24-22+/t29-,30+/m0/s1. The molecule has 8 nitrogen and oxygen atoms in total. The number of quaternary nitrogens is 1. The Morgan fingerprint density at radius 1 is 0.825 bits per heavy atom. The summed E-state index contributed by atoms with van der Waals surface area (Å²) in [6, 6.07) is -0.834. The first-order chi connectivity index (χ1) is 19.0. The molecule has 9 heteroatoms. The van der Waals surface area contributed by atoms with Crippen LogP contribution in [-0.2, 0) is 18.4 Å². The van der Waals surface area contributed by atoms with Crippen molar-refractivity contribution < 1.29 is 32.9 Å². The lowest BCUT2D eigenvalue weighted by Gasteiger charge is -2.25. The third-order valence-corrected chi connectivity index (χ3v) is 7.99. The van der Waals surface area contributed by atoms with Crippen molar-refractivity contribution in [1.82, 2.24) is 5.32 Å². The molecule has 1 amide bonds. The van der Waals surface area contributed by atoms with E-state index in [-0.39, 0.29) is 19.1 Å². The third-order valence-electron chi connectivity index (χ3n) is 7.01. The highest BCUT2D eigenvalue weighted by atomic mass is 31.2. The first-order valence-corrected chi connectivity index (χ1v) is 17.6. The van der Waals surface area contributed by atoms with E-state index in [4.69, 9.17) is 9.05 Å². The normalized spacial score (nSPS) is 15.3. The van der Waals surface area contributed by atoms with Crippen LogP contribution in [0.1, 0.15) is 129 Å². The SMILES string of the molecule is CCCCCCCCCC/C=C/[C@@H](O)[C@H](COP(=O)(O)OCC[N+](C)(C)C)NC(=O)CCCCCCCCCC. The van der Waals surface area contributed by atoms with Crippen molar-refractivity contribution in [2.45, 2.75) is 142 Å². The molecule has 40 heavy (non-hydrogen) atoms. The van der Waals surface area contributed by atoms with Crippen LogP contribution in [0.3, 0.4) is 0 Å². The summed E-state index contributed by atoms with van der Waals surface area (Å²) in [5, 5.41) is 13.6. The zero-order valence-electron chi connectivity index (χ0n) is 26.6. The maximum absolute atomic E-state index is 12.6. The largest absolute Gasteiger partial charge is 0.472 e. The molecule has 0 bridgehead atoms. The van der Waals surface area contributed by atoms with Crippen LogP contribution in [0.25, 0.3) is 0 Å². The van der Waals surface area contributed by atoms with E-state index in [2.05, 4.69) is 19.2 Å². The maximum atomic E-state index is 12.6. The van der Waals surface area contributed by atoms with Crippen molar-refractivity contribution in [2.24, 2.45) is 0 Å². The molecule has 0 aliphatic heterocycles. The van der Waals surface area contributed by atoms with Crippen molar-refractivity contribution in [2.75, 3.05) is 40.9 Å². The van der Waals surface area contributed by atoms with Crippen LogP contribution in [-0.4, -0.2) is 73.4 Å². The first kappa shape index (κ1) is 39.2. The molecule has 238 valence electrons. The van der Waals surface area contributed by atoms with Gasteiger partial charge >= 0.3 is 7.82 Å². The quantitative estimate of drug-likeness (QED) is 0.0382. The lowest BCUT2D eigenvalue weighted by atomic mass is 10.1. The fourth-order valence-corrected chi connectivity index (χ4v) is 5.07. The van der Waals surface area contributed by atoms with Gasteiger partial charge in [0.15, 0.2) is 0 Å². The van der Waals surface area contributed by atoms with Gasteiger partial charge in [-0.25, -0.2) is 4.57 Å². The van der Waals surface area contributed by atoms with Crippen molar-refractivity contribution in [3.05, 3.63) is 12.2 Å². The lowest BCUT2D eigenvalue weighted by molar-refractivity contribution is -0.870. The zero-order chi connectivity index (χ0) is 30.1. The van der Waals surface area contributed by atoms with Crippen LogP contribution in [0.2, 0.25) is 0 Å². The van der Waals surface area contributed by atoms with Crippen LogP contribution in [0.5, 0.6) is 0 Å². The smallest absolute Gasteiger partial charge is 0.387 e. The number of carbonyl (C=O) groups excluding carboxylic acids is 1. The molecule has 0 saturated heterocycles. The Balaban J connectivity index is 4.67. The lowest BCUT2D eigenvalue weighted by Crippen LogP contribution is -2.45. The summed E-state index contributed by atoms with van der Waals surface area (Å²) >= 11 is 0. The number of nitrogens with zero attached hydrogens (tertiary/aromatic N) is 1. The monoisotopic (exact) mass is 591 g/mol. The van der Waals surface area contributed by atoms with Gasteiger partial charge in [-0.2, -0.15) is 0 Å². The molecule has 0 aliphatic carbocycles. The number of amides is 1. The number of nitrogens with one attached hydrogen (secondary N) is 1. The Bertz CT molecular complexity index is 683. The Kier molecular flexibility index (Phi) is 24.3. The summed E-state index contributed by atoms with van der Waals surface area (Å²) in [5.74, 6) is -0.186. The molecular formula is C31H64N2O6P+. The molecule has 0 aliphatic rings. The van der Waals surface area contributed by atoms with Gasteiger partial charge in [0.2, 0.25) is 5.91 Å². The molecule has 0 radical (unpaired) electrons. The molecule has 3 N–H and O–H groups in total. The van der Waals surface area contributed by atoms with Crippen molar-refractivity contribution >= 4 is 13.7 Å². The number of aliphatic hydroxyl groups excluding tert-OH is 1. The topological polar surface area (TPSA) is 105 Å². The highest BCUT2D eigenvalue weighted by molar-refractivity contribution is 7.47. The summed E-state index contributed by atoms with van der Waals surface area (Å²) in [6.45, 7) is 4.72. The van der Waals surface area contributed by atoms with E-state index >= 15 is 0 Å². The van der Waals surface area contributed by atoms with Crippen molar-refractivity contribution in [1.29, 1.82) is 0 Å². The minimum atomic E-state index is -4.31. The molecule has 0 aromatic heterocycles. The Morgan fingerprint density at radius 3 is 1.85 bits per heavy atom. The molecule has 0 rings (SSSR count). The van der Waals surface area contributed by atoms with Gasteiger partial charge in [-0.15, -0.1) is 0 Å². The predicted octanol–water partition coefficient (Wildman–Crippen LogP) is 7.29. The number of unbranched alkanes of at least 4 members (excludes halogenated alkanes) is 15. The number of likely N-dealkylation sites (N-methyl/N-ethyl adjacent to an activating group) is 1. The molecule has 0 saturated carbocycles. The van der Waals surface area contributed by atoms with Crippen LogP contribution >= 0.6 is 7.82 Å². The molecule has 0 heterocycles. The summed E-state index contributed by atoms with van der Waals surface area (Å²) in [7, 11) is 1.57. The van der Waals surface area contributed by atoms with E-state index in [0.717, 1.165) is 38.5 Å². The van der Waals surface area contributed by atoms with E-state index in [0.29, 0.717) is 17.4 Å². The molecule has 0 aromatic rings. The first-order valence-electron chi connectivity index (χ1n) is 16.1. The van der Waals surface area contributed by atoms with Crippen LogP contribution in [0.4, 0.5) is 0 Å². The van der Waals surface area contributed by atoms with Gasteiger partial charge in [-0.05, 0) is 19.3 Å². The number of hydrogen-bond acceptors (Lipinski definition) is 5. The van der Waals surface area contributed by atoms with Gasteiger partial charge < -0.3 is 19.8 Å². The summed E-state index contributed by atoms with van der Waals surface area (Å²) < 4.78 is 23.3. The molecule has 1 unspecified atom stereocenters. The van der Waals surface area contributed by atoms with Crippen LogP contribution in [0, 0.1) is 0 Å². The third kappa shape index (κ3) is 26.2. The van der Waals surface area contributed by atoms with E-state index in [1.165, 1.54) is 70.6 Å². The Morgan fingerprint density at radius 2 is 1.32 bits per heavy atom. The zero-order valence-corrected chi connectivity index (χ0v) is 27.5. The van der Waals surface area contributed by atoms with E-state index in [1.807, 2.05) is 27.2 Å². The minimum absolute atomic E-state index is 0.0633. The minimum Gasteiger partial charge on any atom is -0.387 e. The fourth-order valence-electron chi connectivity index (χ4n) is 4.33. The van der Waals surface area contributed by atoms with Gasteiger partial charge in [0, 0.05) is 6.42 Å².